The molecule has 108 valence electrons. The van der Waals surface area contributed by atoms with Crippen molar-refractivity contribution in [3.63, 3.8) is 0 Å². The summed E-state index contributed by atoms with van der Waals surface area (Å²) < 4.78 is 5.54. The van der Waals surface area contributed by atoms with Crippen molar-refractivity contribution in [2.75, 3.05) is 18.9 Å². The second-order valence-corrected chi connectivity index (χ2v) is 6.59. The standard InChI is InChI=1S/C16H15NO2S2/c18-15(12-19-13-5-2-1-3-6-13)17-8-10-21-16(17)11-14-7-4-9-20-14/h1-7,9,11H,8,10,12H2/b16-11+. The Kier molecular flexibility index (Phi) is 4.62. The van der Waals surface area contributed by atoms with Gasteiger partial charge in [-0.15, -0.1) is 23.1 Å². The summed E-state index contributed by atoms with van der Waals surface area (Å²) in [5, 5.41) is 3.05. The lowest BCUT2D eigenvalue weighted by molar-refractivity contribution is -0.130. The molecule has 1 saturated heterocycles. The van der Waals surface area contributed by atoms with Crippen molar-refractivity contribution >= 4 is 35.1 Å². The molecule has 1 aromatic heterocycles. The molecule has 0 spiro atoms. The molecule has 5 heteroatoms. The summed E-state index contributed by atoms with van der Waals surface area (Å²) >= 11 is 3.39. The third-order valence-corrected chi connectivity index (χ3v) is 4.89. The van der Waals surface area contributed by atoms with Gasteiger partial charge >= 0.3 is 0 Å². The molecule has 0 unspecified atom stereocenters. The van der Waals surface area contributed by atoms with Gasteiger partial charge in [0, 0.05) is 17.2 Å². The van der Waals surface area contributed by atoms with Crippen molar-refractivity contribution in [1.29, 1.82) is 0 Å². The van der Waals surface area contributed by atoms with Gasteiger partial charge in [0.15, 0.2) is 6.61 Å². The average Bonchev–Trinajstić information content (AvgIpc) is 3.18. The molecule has 1 amide bonds. The van der Waals surface area contributed by atoms with E-state index in [-0.39, 0.29) is 12.5 Å². The van der Waals surface area contributed by atoms with Gasteiger partial charge in [0.25, 0.3) is 5.91 Å². The minimum absolute atomic E-state index is 0.00617. The molecule has 0 N–H and O–H groups in total. The van der Waals surface area contributed by atoms with Crippen molar-refractivity contribution in [1.82, 2.24) is 4.90 Å². The number of nitrogens with zero attached hydrogens (tertiary/aromatic N) is 1. The van der Waals surface area contributed by atoms with Crippen LogP contribution in [-0.2, 0) is 4.79 Å². The number of thioether (sulfide) groups is 1. The average molecular weight is 317 g/mol. The van der Waals surface area contributed by atoms with E-state index in [2.05, 4.69) is 12.1 Å². The lowest BCUT2D eigenvalue weighted by atomic mass is 10.3. The summed E-state index contributed by atoms with van der Waals surface area (Å²) in [5.74, 6) is 1.67. The molecule has 0 saturated carbocycles. The van der Waals surface area contributed by atoms with E-state index in [4.69, 9.17) is 4.74 Å². The lowest BCUT2D eigenvalue weighted by Crippen LogP contribution is -2.31. The highest BCUT2D eigenvalue weighted by Gasteiger charge is 2.24. The second kappa shape index (κ2) is 6.83. The number of carbonyl (C=O) groups is 1. The molecule has 3 rings (SSSR count). The number of amides is 1. The zero-order valence-electron chi connectivity index (χ0n) is 11.4. The maximum Gasteiger partial charge on any atom is 0.265 e. The zero-order valence-corrected chi connectivity index (χ0v) is 13.0. The fourth-order valence-electron chi connectivity index (χ4n) is 2.03. The van der Waals surface area contributed by atoms with Gasteiger partial charge in [0.05, 0.1) is 5.03 Å². The van der Waals surface area contributed by atoms with Crippen LogP contribution in [0.15, 0.2) is 52.9 Å². The molecular formula is C16H15NO2S2. The molecular weight excluding hydrogens is 302 g/mol. The number of thiophene rings is 1. The largest absolute Gasteiger partial charge is 0.484 e. The molecule has 0 bridgehead atoms. The minimum Gasteiger partial charge on any atom is -0.484 e. The highest BCUT2D eigenvalue weighted by atomic mass is 32.2. The van der Waals surface area contributed by atoms with Crippen molar-refractivity contribution in [2.45, 2.75) is 0 Å². The van der Waals surface area contributed by atoms with Crippen LogP contribution < -0.4 is 4.74 Å². The van der Waals surface area contributed by atoms with Crippen LogP contribution >= 0.6 is 23.1 Å². The maximum atomic E-state index is 12.3. The van der Waals surface area contributed by atoms with E-state index in [1.54, 1.807) is 23.1 Å². The minimum atomic E-state index is 0.00617. The first-order valence-electron chi connectivity index (χ1n) is 6.69. The summed E-state index contributed by atoms with van der Waals surface area (Å²) in [7, 11) is 0. The van der Waals surface area contributed by atoms with Crippen LogP contribution in [0.4, 0.5) is 0 Å². The zero-order chi connectivity index (χ0) is 14.5. The Bertz CT molecular complexity index is 623. The molecule has 21 heavy (non-hydrogen) atoms. The molecule has 3 nitrogen and oxygen atoms in total. The first-order valence-corrected chi connectivity index (χ1v) is 8.56. The smallest absolute Gasteiger partial charge is 0.265 e. The summed E-state index contributed by atoms with van der Waals surface area (Å²) in [4.78, 5) is 15.3. The molecule has 2 aromatic rings. The quantitative estimate of drug-likeness (QED) is 0.861. The number of para-hydroxylation sites is 1. The second-order valence-electron chi connectivity index (χ2n) is 4.49. The van der Waals surface area contributed by atoms with Crippen LogP contribution in [0.3, 0.4) is 0 Å². The lowest BCUT2D eigenvalue weighted by Gasteiger charge is -2.17. The van der Waals surface area contributed by atoms with Gasteiger partial charge in [-0.1, -0.05) is 24.3 Å². The van der Waals surface area contributed by atoms with Crippen LogP contribution in [0.1, 0.15) is 4.88 Å². The Labute approximate surface area is 132 Å². The Hall–Kier alpha value is -1.72. The molecule has 1 aliphatic heterocycles. The molecule has 0 aliphatic carbocycles. The number of hydrogen-bond acceptors (Lipinski definition) is 4. The van der Waals surface area contributed by atoms with E-state index < -0.39 is 0 Å². The molecule has 2 heterocycles. The fraction of sp³-hybridized carbons (Fsp3) is 0.188. The van der Waals surface area contributed by atoms with Crippen molar-refractivity contribution in [3.05, 3.63) is 57.8 Å². The third-order valence-electron chi connectivity index (χ3n) is 3.05. The fourth-order valence-corrected chi connectivity index (χ4v) is 3.80. The maximum absolute atomic E-state index is 12.3. The Balaban J connectivity index is 1.63. The number of rotatable bonds is 4. The van der Waals surface area contributed by atoms with Crippen molar-refractivity contribution in [2.24, 2.45) is 0 Å². The molecule has 1 aromatic carbocycles. The Morgan fingerprint density at radius 1 is 1.24 bits per heavy atom. The summed E-state index contributed by atoms with van der Waals surface area (Å²) in [5.41, 5.74) is 0. The van der Waals surface area contributed by atoms with E-state index in [0.717, 1.165) is 23.1 Å². The summed E-state index contributed by atoms with van der Waals surface area (Å²) in [6, 6.07) is 13.5. The van der Waals surface area contributed by atoms with Crippen LogP contribution in [0.25, 0.3) is 6.08 Å². The van der Waals surface area contributed by atoms with Gasteiger partial charge in [-0.2, -0.15) is 0 Å². The monoisotopic (exact) mass is 317 g/mol. The van der Waals surface area contributed by atoms with Crippen molar-refractivity contribution < 1.29 is 9.53 Å². The van der Waals surface area contributed by atoms with Crippen molar-refractivity contribution in [3.8, 4) is 5.75 Å². The van der Waals surface area contributed by atoms with E-state index in [0.29, 0.717) is 0 Å². The Morgan fingerprint density at radius 2 is 2.10 bits per heavy atom. The third kappa shape index (κ3) is 3.68. The highest BCUT2D eigenvalue weighted by Crippen LogP contribution is 2.30. The van der Waals surface area contributed by atoms with Crippen LogP contribution in [0.2, 0.25) is 0 Å². The number of hydrogen-bond donors (Lipinski definition) is 0. The SMILES string of the molecule is O=C(COc1ccccc1)N1CCS/C1=C/c1cccs1. The van der Waals surface area contributed by atoms with Gasteiger partial charge in [0.1, 0.15) is 5.75 Å². The van der Waals surface area contributed by atoms with Crippen LogP contribution in [-0.4, -0.2) is 29.7 Å². The molecule has 0 atom stereocenters. The topological polar surface area (TPSA) is 29.5 Å². The molecule has 0 radical (unpaired) electrons. The first kappa shape index (κ1) is 14.2. The van der Waals surface area contributed by atoms with Crippen LogP contribution in [0.5, 0.6) is 5.75 Å². The van der Waals surface area contributed by atoms with E-state index >= 15 is 0 Å². The number of benzene rings is 1. The molecule has 1 fully saturated rings. The van der Waals surface area contributed by atoms with Gasteiger partial charge in [-0.25, -0.2) is 0 Å². The van der Waals surface area contributed by atoms with Gasteiger partial charge < -0.3 is 9.64 Å². The first-order chi connectivity index (χ1) is 10.3. The highest BCUT2D eigenvalue weighted by molar-refractivity contribution is 8.03. The predicted molar refractivity (Wildman–Crippen MR) is 88.4 cm³/mol. The summed E-state index contributed by atoms with van der Waals surface area (Å²) in [6.07, 6.45) is 2.07. The van der Waals surface area contributed by atoms with Gasteiger partial charge in [-0.3, -0.25) is 4.79 Å². The van der Waals surface area contributed by atoms with Gasteiger partial charge in [-0.05, 0) is 29.7 Å². The Morgan fingerprint density at radius 3 is 2.86 bits per heavy atom. The van der Waals surface area contributed by atoms with E-state index in [9.17, 15) is 4.79 Å². The van der Waals surface area contributed by atoms with Gasteiger partial charge in [0.2, 0.25) is 0 Å². The van der Waals surface area contributed by atoms with E-state index in [1.165, 1.54) is 4.88 Å². The predicted octanol–water partition coefficient (Wildman–Crippen LogP) is 3.70. The number of ether oxygens (including phenoxy) is 1. The number of carbonyl (C=O) groups excluding carboxylic acids is 1. The van der Waals surface area contributed by atoms with Crippen LogP contribution in [0, 0.1) is 0 Å². The molecule has 1 aliphatic rings. The van der Waals surface area contributed by atoms with E-state index in [1.807, 2.05) is 46.7 Å². The summed E-state index contributed by atoms with van der Waals surface area (Å²) in [6.45, 7) is 0.825. The normalized spacial score (nSPS) is 16.4.